The van der Waals surface area contributed by atoms with Crippen molar-refractivity contribution in [3.8, 4) is 0 Å². The topological polar surface area (TPSA) is 99.8 Å². The van der Waals surface area contributed by atoms with Crippen LogP contribution >= 0.6 is 23.4 Å². The van der Waals surface area contributed by atoms with E-state index in [-0.39, 0.29) is 11.6 Å². The Labute approximate surface area is 174 Å². The van der Waals surface area contributed by atoms with E-state index in [1.165, 1.54) is 12.1 Å². The number of carbonyl (C=O) groups excluding carboxylic acids is 2. The minimum absolute atomic E-state index is 0.0138. The molecular weight excluding hydrogens is 417 g/mol. The molecule has 3 rings (SSSR count). The fraction of sp³-hybridized carbons (Fsp3) is 0.0526. The first kappa shape index (κ1) is 20.6. The quantitative estimate of drug-likeness (QED) is 0.410. The molecule has 0 fully saturated rings. The van der Waals surface area contributed by atoms with Gasteiger partial charge in [-0.25, -0.2) is 9.37 Å². The second-order valence-corrected chi connectivity index (χ2v) is 7.06. The van der Waals surface area contributed by atoms with Gasteiger partial charge < -0.3 is 0 Å². The molecule has 0 saturated carbocycles. The standard InChI is InChI=1S/C19H15ClFN5O2S/c20-14-6-4-13(5-7-14)18(28)25-24-17(27)11-29-19-22-16(23-26-19)10-3-12-1-8-15(21)9-2-12/h1-10H,11H2,(H,24,27)(H,25,28)(H,22,23,26)/b10-3+. The number of hydrogen-bond acceptors (Lipinski definition) is 5. The van der Waals surface area contributed by atoms with Gasteiger partial charge in [-0.05, 0) is 48.0 Å². The van der Waals surface area contributed by atoms with Gasteiger partial charge in [0.2, 0.25) is 11.1 Å². The van der Waals surface area contributed by atoms with Crippen LogP contribution in [0, 0.1) is 5.82 Å². The Hall–Kier alpha value is -3.17. The van der Waals surface area contributed by atoms with E-state index in [1.807, 2.05) is 0 Å². The van der Waals surface area contributed by atoms with Gasteiger partial charge >= 0.3 is 0 Å². The minimum Gasteiger partial charge on any atom is -0.272 e. The second-order valence-electron chi connectivity index (χ2n) is 5.69. The van der Waals surface area contributed by atoms with Crippen LogP contribution in [0.1, 0.15) is 21.7 Å². The molecule has 0 saturated heterocycles. The fourth-order valence-electron chi connectivity index (χ4n) is 2.11. The molecule has 2 aromatic carbocycles. The zero-order valence-corrected chi connectivity index (χ0v) is 16.4. The molecular formula is C19H15ClFN5O2S. The van der Waals surface area contributed by atoms with Crippen molar-refractivity contribution in [2.75, 3.05) is 5.75 Å². The number of amides is 2. The van der Waals surface area contributed by atoms with Gasteiger partial charge in [-0.15, -0.1) is 5.10 Å². The fourth-order valence-corrected chi connectivity index (χ4v) is 2.84. The normalized spacial score (nSPS) is 10.8. The molecule has 0 aliphatic carbocycles. The van der Waals surface area contributed by atoms with E-state index in [0.717, 1.165) is 17.3 Å². The molecule has 1 aromatic heterocycles. The van der Waals surface area contributed by atoms with Crippen LogP contribution in [0.4, 0.5) is 4.39 Å². The molecule has 0 bridgehead atoms. The molecule has 0 unspecified atom stereocenters. The lowest BCUT2D eigenvalue weighted by Gasteiger charge is -2.06. The number of carbonyl (C=O) groups is 2. The van der Waals surface area contributed by atoms with E-state index in [1.54, 1.807) is 48.6 Å². The van der Waals surface area contributed by atoms with Crippen molar-refractivity contribution < 1.29 is 14.0 Å². The molecule has 10 heteroatoms. The summed E-state index contributed by atoms with van der Waals surface area (Å²) in [4.78, 5) is 28.0. The third-order valence-electron chi connectivity index (χ3n) is 3.54. The summed E-state index contributed by atoms with van der Waals surface area (Å²) in [6.45, 7) is 0. The number of H-pyrrole nitrogens is 1. The van der Waals surface area contributed by atoms with Crippen LogP contribution in [0.2, 0.25) is 5.02 Å². The van der Waals surface area contributed by atoms with Crippen molar-refractivity contribution in [2.24, 2.45) is 0 Å². The molecule has 148 valence electrons. The molecule has 0 aliphatic heterocycles. The lowest BCUT2D eigenvalue weighted by atomic mass is 10.2. The molecule has 0 spiro atoms. The molecule has 1 heterocycles. The smallest absolute Gasteiger partial charge is 0.269 e. The van der Waals surface area contributed by atoms with Crippen molar-refractivity contribution in [3.63, 3.8) is 0 Å². The van der Waals surface area contributed by atoms with Gasteiger partial charge in [-0.1, -0.05) is 41.6 Å². The number of aromatic nitrogens is 3. The Morgan fingerprint density at radius 2 is 1.79 bits per heavy atom. The lowest BCUT2D eigenvalue weighted by molar-refractivity contribution is -0.119. The van der Waals surface area contributed by atoms with Crippen molar-refractivity contribution in [1.29, 1.82) is 0 Å². The predicted molar refractivity (Wildman–Crippen MR) is 109 cm³/mol. The van der Waals surface area contributed by atoms with Crippen molar-refractivity contribution in [1.82, 2.24) is 26.0 Å². The first-order chi connectivity index (χ1) is 14.0. The SMILES string of the molecule is O=C(CSc1n[nH]c(/C=C/c2ccc(F)cc2)n1)NNC(=O)c1ccc(Cl)cc1. The summed E-state index contributed by atoms with van der Waals surface area (Å²) in [6.07, 6.45) is 3.45. The summed E-state index contributed by atoms with van der Waals surface area (Å²) in [5, 5.41) is 7.63. The third-order valence-corrected chi connectivity index (χ3v) is 4.64. The highest BCUT2D eigenvalue weighted by Gasteiger charge is 2.09. The molecule has 2 amide bonds. The lowest BCUT2D eigenvalue weighted by Crippen LogP contribution is -2.42. The van der Waals surface area contributed by atoms with Crippen LogP contribution in [0.25, 0.3) is 12.2 Å². The van der Waals surface area contributed by atoms with Crippen molar-refractivity contribution >= 4 is 47.3 Å². The summed E-state index contributed by atoms with van der Waals surface area (Å²) in [5.41, 5.74) is 5.82. The monoisotopic (exact) mass is 431 g/mol. The molecule has 0 radical (unpaired) electrons. The Bertz CT molecular complexity index is 1020. The van der Waals surface area contributed by atoms with Gasteiger partial charge in [0.05, 0.1) is 5.75 Å². The van der Waals surface area contributed by atoms with Crippen molar-refractivity contribution in [3.05, 3.63) is 76.3 Å². The maximum Gasteiger partial charge on any atom is 0.269 e. The number of halogens is 2. The van der Waals surface area contributed by atoms with Crippen LogP contribution in [-0.2, 0) is 4.79 Å². The van der Waals surface area contributed by atoms with Crippen LogP contribution in [0.5, 0.6) is 0 Å². The first-order valence-corrected chi connectivity index (χ1v) is 9.69. The molecule has 0 atom stereocenters. The molecule has 7 nitrogen and oxygen atoms in total. The first-order valence-electron chi connectivity index (χ1n) is 8.33. The molecule has 3 N–H and O–H groups in total. The summed E-state index contributed by atoms with van der Waals surface area (Å²) in [5.74, 6) is -0.659. The number of nitrogens with zero attached hydrogens (tertiary/aromatic N) is 2. The van der Waals surface area contributed by atoms with Gasteiger partial charge in [-0.2, -0.15) is 0 Å². The van der Waals surface area contributed by atoms with Crippen LogP contribution in [0.3, 0.4) is 0 Å². The third kappa shape index (κ3) is 6.44. The number of hydrogen-bond donors (Lipinski definition) is 3. The summed E-state index contributed by atoms with van der Waals surface area (Å²) < 4.78 is 12.9. The summed E-state index contributed by atoms with van der Waals surface area (Å²) in [6, 6.07) is 12.3. The van der Waals surface area contributed by atoms with Crippen molar-refractivity contribution in [2.45, 2.75) is 5.16 Å². The Kier molecular flexibility index (Phi) is 6.99. The number of rotatable bonds is 6. The molecule has 0 aliphatic rings. The van der Waals surface area contributed by atoms with Gasteiger partial charge in [0.1, 0.15) is 11.6 Å². The van der Waals surface area contributed by atoms with Crippen LogP contribution < -0.4 is 10.9 Å². The average Bonchev–Trinajstić information content (AvgIpc) is 3.18. The van der Waals surface area contributed by atoms with E-state index in [4.69, 9.17) is 11.6 Å². The predicted octanol–water partition coefficient (Wildman–Crippen LogP) is 3.32. The van der Waals surface area contributed by atoms with Crippen LogP contribution in [-0.4, -0.2) is 32.7 Å². The Morgan fingerprint density at radius 3 is 2.52 bits per heavy atom. The van der Waals surface area contributed by atoms with Crippen LogP contribution in [0.15, 0.2) is 53.7 Å². The highest BCUT2D eigenvalue weighted by atomic mass is 35.5. The second kappa shape index (κ2) is 9.85. The minimum atomic E-state index is -0.453. The van der Waals surface area contributed by atoms with Gasteiger partial charge in [0.25, 0.3) is 5.91 Å². The number of aromatic amines is 1. The number of hydrazine groups is 1. The van der Waals surface area contributed by atoms with E-state index >= 15 is 0 Å². The largest absolute Gasteiger partial charge is 0.272 e. The Morgan fingerprint density at radius 1 is 1.07 bits per heavy atom. The summed E-state index contributed by atoms with van der Waals surface area (Å²) >= 11 is 6.87. The molecule has 29 heavy (non-hydrogen) atoms. The highest BCUT2D eigenvalue weighted by Crippen LogP contribution is 2.13. The number of nitrogens with one attached hydrogen (secondary N) is 3. The van der Waals surface area contributed by atoms with Gasteiger partial charge in [0, 0.05) is 10.6 Å². The maximum absolute atomic E-state index is 12.9. The Balaban J connectivity index is 1.44. The van der Waals surface area contributed by atoms with E-state index < -0.39 is 11.8 Å². The zero-order valence-electron chi connectivity index (χ0n) is 14.9. The van der Waals surface area contributed by atoms with E-state index in [9.17, 15) is 14.0 Å². The van der Waals surface area contributed by atoms with E-state index in [2.05, 4.69) is 26.0 Å². The highest BCUT2D eigenvalue weighted by molar-refractivity contribution is 7.99. The summed E-state index contributed by atoms with van der Waals surface area (Å²) in [7, 11) is 0. The zero-order chi connectivity index (χ0) is 20.6. The van der Waals surface area contributed by atoms with E-state index in [0.29, 0.717) is 21.6 Å². The molecule has 3 aromatic rings. The maximum atomic E-state index is 12.9. The number of thioether (sulfide) groups is 1. The van der Waals surface area contributed by atoms with Gasteiger partial charge in [-0.3, -0.25) is 25.5 Å². The van der Waals surface area contributed by atoms with Gasteiger partial charge in [0.15, 0.2) is 0 Å². The average molecular weight is 432 g/mol. The number of benzene rings is 2.